The molecule has 3 nitrogen and oxygen atoms in total. The number of benzene rings is 1. The van der Waals surface area contributed by atoms with Gasteiger partial charge >= 0.3 is 0 Å². The minimum atomic E-state index is 0.836. The Morgan fingerprint density at radius 1 is 0.880 bits per heavy atom. The van der Waals surface area contributed by atoms with Crippen molar-refractivity contribution in [2.75, 3.05) is 38.1 Å². The van der Waals surface area contributed by atoms with Crippen molar-refractivity contribution in [3.8, 4) is 5.75 Å². The molecule has 2 aliphatic heterocycles. The minimum absolute atomic E-state index is 0.836. The Balaban J connectivity index is 0.000000255. The van der Waals surface area contributed by atoms with Crippen molar-refractivity contribution in [1.82, 2.24) is 4.90 Å². The zero-order valence-corrected chi connectivity index (χ0v) is 15.9. The molecule has 3 fully saturated rings. The van der Waals surface area contributed by atoms with E-state index >= 15 is 0 Å². The lowest BCUT2D eigenvalue weighted by molar-refractivity contribution is 0.205. The Morgan fingerprint density at radius 2 is 1.56 bits per heavy atom. The maximum absolute atomic E-state index is 5.87. The number of nitrogens with zero attached hydrogens (tertiary/aromatic N) is 1. The molecular weight excluding hydrogens is 308 g/mol. The third-order valence-corrected chi connectivity index (χ3v) is 4.83. The van der Waals surface area contributed by atoms with Gasteiger partial charge in [0.05, 0.1) is 6.61 Å². The van der Waals surface area contributed by atoms with E-state index in [1.54, 1.807) is 0 Å². The van der Waals surface area contributed by atoms with E-state index in [1.165, 1.54) is 88.7 Å². The van der Waals surface area contributed by atoms with Gasteiger partial charge in [-0.15, -0.1) is 0 Å². The summed E-state index contributed by atoms with van der Waals surface area (Å²) in [6, 6.07) is 6.41. The standard InChI is InChI=1S/C16H24N2O.2C3H6/c1-2-9-18(10-3-1)11-4-12-19-15-5-6-16-14(13-15)7-8-17-16;2*1-2-3-1/h5-6,13,17H,1-4,7-12H2;2*1-3H2. The molecule has 2 heterocycles. The molecule has 0 radical (unpaired) electrons. The summed E-state index contributed by atoms with van der Waals surface area (Å²) in [5.41, 5.74) is 2.68. The molecule has 1 saturated heterocycles. The van der Waals surface area contributed by atoms with Crippen molar-refractivity contribution in [3.05, 3.63) is 23.8 Å². The summed E-state index contributed by atoms with van der Waals surface area (Å²) in [6.07, 6.45) is 15.4. The molecule has 2 aliphatic carbocycles. The molecule has 0 atom stereocenters. The second kappa shape index (κ2) is 10.7. The van der Waals surface area contributed by atoms with Crippen LogP contribution in [0.5, 0.6) is 5.75 Å². The van der Waals surface area contributed by atoms with Crippen LogP contribution in [-0.2, 0) is 6.42 Å². The van der Waals surface area contributed by atoms with Crippen molar-refractivity contribution in [2.24, 2.45) is 0 Å². The molecule has 1 aromatic carbocycles. The van der Waals surface area contributed by atoms with E-state index in [0.717, 1.165) is 31.7 Å². The van der Waals surface area contributed by atoms with Crippen molar-refractivity contribution in [3.63, 3.8) is 0 Å². The topological polar surface area (TPSA) is 24.5 Å². The average Bonchev–Trinajstić information content (AvgIpc) is 3.55. The second-order valence-corrected chi connectivity index (χ2v) is 7.72. The highest BCUT2D eigenvalue weighted by molar-refractivity contribution is 5.57. The van der Waals surface area contributed by atoms with Gasteiger partial charge in [-0.3, -0.25) is 0 Å². The second-order valence-electron chi connectivity index (χ2n) is 7.72. The quantitative estimate of drug-likeness (QED) is 0.738. The third kappa shape index (κ3) is 8.13. The predicted octanol–water partition coefficient (Wildman–Crippen LogP) is 5.25. The first-order valence-electron chi connectivity index (χ1n) is 10.6. The number of rotatable bonds is 5. The van der Waals surface area contributed by atoms with E-state index in [1.807, 2.05) is 0 Å². The van der Waals surface area contributed by atoms with Crippen LogP contribution in [0.1, 0.15) is 69.8 Å². The van der Waals surface area contributed by atoms with Crippen LogP contribution < -0.4 is 10.1 Å². The summed E-state index contributed by atoms with van der Waals surface area (Å²) in [5.74, 6) is 1.03. The first-order valence-corrected chi connectivity index (χ1v) is 10.6. The van der Waals surface area contributed by atoms with Gasteiger partial charge in [0.1, 0.15) is 5.75 Å². The van der Waals surface area contributed by atoms with E-state index in [-0.39, 0.29) is 0 Å². The van der Waals surface area contributed by atoms with Gasteiger partial charge in [0.2, 0.25) is 0 Å². The Bertz CT molecular complexity index is 481. The fraction of sp³-hybridized carbons (Fsp3) is 0.727. The van der Waals surface area contributed by atoms with Crippen molar-refractivity contribution in [1.29, 1.82) is 0 Å². The predicted molar refractivity (Wildman–Crippen MR) is 107 cm³/mol. The summed E-state index contributed by atoms with van der Waals surface area (Å²) in [6.45, 7) is 5.65. The molecule has 3 heteroatoms. The largest absolute Gasteiger partial charge is 0.494 e. The minimum Gasteiger partial charge on any atom is -0.494 e. The normalized spacial score (nSPS) is 20.2. The van der Waals surface area contributed by atoms with Crippen molar-refractivity contribution >= 4 is 5.69 Å². The van der Waals surface area contributed by atoms with Crippen LogP contribution in [0.4, 0.5) is 5.69 Å². The molecule has 4 aliphatic rings. The summed E-state index contributed by atoms with van der Waals surface area (Å²) in [7, 11) is 0. The number of hydrogen-bond donors (Lipinski definition) is 1. The molecule has 0 unspecified atom stereocenters. The zero-order chi connectivity index (χ0) is 17.2. The van der Waals surface area contributed by atoms with E-state index < -0.39 is 0 Å². The summed E-state index contributed by atoms with van der Waals surface area (Å²) in [4.78, 5) is 2.57. The van der Waals surface area contributed by atoms with Gasteiger partial charge in [-0.25, -0.2) is 0 Å². The van der Waals surface area contributed by atoms with Gasteiger partial charge in [0.15, 0.2) is 0 Å². The highest BCUT2D eigenvalue weighted by atomic mass is 16.5. The molecule has 140 valence electrons. The summed E-state index contributed by atoms with van der Waals surface area (Å²) < 4.78 is 5.87. The number of ether oxygens (including phenoxy) is 1. The SMILES string of the molecule is C1CC1.C1CC1.c1cc2c(cc1OCCCN1CCCCC1)CCN2. The molecule has 5 rings (SSSR count). The summed E-state index contributed by atoms with van der Waals surface area (Å²) in [5, 5.41) is 3.38. The molecule has 0 amide bonds. The van der Waals surface area contributed by atoms with Crippen LogP contribution in [0, 0.1) is 0 Å². The van der Waals surface area contributed by atoms with Gasteiger partial charge in [-0.2, -0.15) is 0 Å². The lowest BCUT2D eigenvalue weighted by Gasteiger charge is -2.26. The number of anilines is 1. The Kier molecular flexibility index (Phi) is 7.95. The van der Waals surface area contributed by atoms with Crippen LogP contribution in [-0.4, -0.2) is 37.7 Å². The third-order valence-electron chi connectivity index (χ3n) is 4.83. The highest BCUT2D eigenvalue weighted by Gasteiger charge is 2.11. The van der Waals surface area contributed by atoms with Crippen LogP contribution in [0.2, 0.25) is 0 Å². The molecule has 25 heavy (non-hydrogen) atoms. The van der Waals surface area contributed by atoms with Crippen molar-refractivity contribution in [2.45, 2.75) is 70.6 Å². The fourth-order valence-electron chi connectivity index (χ4n) is 3.03. The lowest BCUT2D eigenvalue weighted by atomic mass is 10.1. The van der Waals surface area contributed by atoms with E-state index in [4.69, 9.17) is 4.74 Å². The first kappa shape index (κ1) is 18.6. The molecule has 0 spiro atoms. The lowest BCUT2D eigenvalue weighted by Crippen LogP contribution is -2.31. The maximum atomic E-state index is 5.87. The van der Waals surface area contributed by atoms with Gasteiger partial charge in [0, 0.05) is 18.8 Å². The van der Waals surface area contributed by atoms with Gasteiger partial charge in [-0.1, -0.05) is 44.9 Å². The van der Waals surface area contributed by atoms with Gasteiger partial charge < -0.3 is 15.0 Å². The molecule has 1 aromatic rings. The monoisotopic (exact) mass is 344 g/mol. The smallest absolute Gasteiger partial charge is 0.119 e. The zero-order valence-electron chi connectivity index (χ0n) is 15.9. The van der Waals surface area contributed by atoms with Gasteiger partial charge in [0.25, 0.3) is 0 Å². The van der Waals surface area contributed by atoms with Gasteiger partial charge in [-0.05, 0) is 62.5 Å². The molecular formula is C22H36N2O. The molecule has 1 N–H and O–H groups in total. The van der Waals surface area contributed by atoms with Crippen LogP contribution in [0.3, 0.4) is 0 Å². The molecule has 0 bridgehead atoms. The fourth-order valence-corrected chi connectivity index (χ4v) is 3.03. The Hall–Kier alpha value is -1.22. The van der Waals surface area contributed by atoms with Crippen LogP contribution in [0.15, 0.2) is 18.2 Å². The number of nitrogens with one attached hydrogen (secondary N) is 1. The number of hydrogen-bond acceptors (Lipinski definition) is 3. The van der Waals surface area contributed by atoms with Crippen LogP contribution in [0.25, 0.3) is 0 Å². The average molecular weight is 345 g/mol. The Morgan fingerprint density at radius 3 is 2.24 bits per heavy atom. The molecule has 2 saturated carbocycles. The number of likely N-dealkylation sites (tertiary alicyclic amines) is 1. The van der Waals surface area contributed by atoms with E-state index in [0.29, 0.717) is 0 Å². The van der Waals surface area contributed by atoms with Crippen molar-refractivity contribution < 1.29 is 4.74 Å². The first-order chi connectivity index (χ1) is 12.4. The number of piperidine rings is 1. The molecule has 0 aromatic heterocycles. The van der Waals surface area contributed by atoms with Crippen LogP contribution >= 0.6 is 0 Å². The Labute approximate surface area is 154 Å². The van der Waals surface area contributed by atoms with E-state index in [2.05, 4.69) is 28.4 Å². The maximum Gasteiger partial charge on any atom is 0.119 e. The highest BCUT2D eigenvalue weighted by Crippen LogP contribution is 2.26. The summed E-state index contributed by atoms with van der Waals surface area (Å²) >= 11 is 0. The van der Waals surface area contributed by atoms with E-state index in [9.17, 15) is 0 Å². The number of fused-ring (bicyclic) bond motifs is 1.